The molecule has 2 heteroatoms. The van der Waals surface area contributed by atoms with E-state index in [2.05, 4.69) is 25.2 Å². The summed E-state index contributed by atoms with van der Waals surface area (Å²) in [4.78, 5) is 0. The van der Waals surface area contributed by atoms with Gasteiger partial charge in [0.15, 0.2) is 0 Å². The molecule has 0 saturated heterocycles. The predicted octanol–water partition coefficient (Wildman–Crippen LogP) is 9.26. The number of halogens is 2. The van der Waals surface area contributed by atoms with Crippen LogP contribution in [0.25, 0.3) is 5.57 Å². The van der Waals surface area contributed by atoms with Crippen LogP contribution < -0.4 is 0 Å². The molecule has 1 aromatic carbocycles. The zero-order chi connectivity index (χ0) is 21.2. The highest BCUT2D eigenvalue weighted by atomic mass is 19.1. The number of hydrogen-bond acceptors (Lipinski definition) is 0. The number of hydrogen-bond donors (Lipinski definition) is 0. The second-order valence-electron chi connectivity index (χ2n) is 9.58. The molecular weight excluding hydrogens is 374 g/mol. The molecule has 0 aliphatic heterocycles. The van der Waals surface area contributed by atoms with Crippen molar-refractivity contribution in [2.45, 2.75) is 96.8 Å². The summed E-state index contributed by atoms with van der Waals surface area (Å²) in [6.45, 7) is 2.27. The molecule has 0 aromatic heterocycles. The lowest BCUT2D eigenvalue weighted by molar-refractivity contribution is 0.212. The van der Waals surface area contributed by atoms with E-state index in [0.29, 0.717) is 0 Å². The largest absolute Gasteiger partial charge is 0.207 e. The van der Waals surface area contributed by atoms with Gasteiger partial charge in [0.1, 0.15) is 11.6 Å². The Morgan fingerprint density at radius 2 is 1.53 bits per heavy atom. The predicted molar refractivity (Wildman–Crippen MR) is 124 cm³/mol. The summed E-state index contributed by atoms with van der Waals surface area (Å²) >= 11 is 0. The van der Waals surface area contributed by atoms with E-state index in [-0.39, 0.29) is 0 Å². The van der Waals surface area contributed by atoms with Crippen molar-refractivity contribution in [2.24, 2.45) is 17.8 Å². The van der Waals surface area contributed by atoms with Crippen LogP contribution in [0.4, 0.5) is 8.78 Å². The Labute approximate surface area is 182 Å². The summed E-state index contributed by atoms with van der Waals surface area (Å²) in [5, 5.41) is 0. The van der Waals surface area contributed by atoms with Crippen LogP contribution in [0, 0.1) is 29.4 Å². The van der Waals surface area contributed by atoms with Gasteiger partial charge in [0, 0.05) is 6.07 Å². The molecular formula is C28H40F2. The smallest absolute Gasteiger partial charge is 0.126 e. The fourth-order valence-electron chi connectivity index (χ4n) is 5.42. The zero-order valence-electron chi connectivity index (χ0n) is 18.9. The van der Waals surface area contributed by atoms with Crippen LogP contribution in [0.2, 0.25) is 0 Å². The lowest BCUT2D eigenvalue weighted by atomic mass is 9.71. The molecule has 0 heterocycles. The van der Waals surface area contributed by atoms with Gasteiger partial charge < -0.3 is 0 Å². The molecule has 0 bridgehead atoms. The first-order chi connectivity index (χ1) is 14.7. The third kappa shape index (κ3) is 7.36. The van der Waals surface area contributed by atoms with E-state index in [1.165, 1.54) is 82.8 Å². The third-order valence-electron chi connectivity index (χ3n) is 7.30. The SMILES string of the molecule is CCCCCCCCC=CC1CCC(C2CC=C(c3cc(F)cc(F)c3)CC2)CC1. The Hall–Kier alpha value is -1.44. The topological polar surface area (TPSA) is 0 Å². The molecule has 2 aliphatic carbocycles. The summed E-state index contributed by atoms with van der Waals surface area (Å²) in [7, 11) is 0. The maximum atomic E-state index is 13.5. The van der Waals surface area contributed by atoms with Gasteiger partial charge in [-0.05, 0) is 98.8 Å². The quantitative estimate of drug-likeness (QED) is 0.264. The Morgan fingerprint density at radius 1 is 0.833 bits per heavy atom. The van der Waals surface area contributed by atoms with E-state index < -0.39 is 11.6 Å². The van der Waals surface area contributed by atoms with Gasteiger partial charge >= 0.3 is 0 Å². The molecule has 1 unspecified atom stereocenters. The fraction of sp³-hybridized carbons (Fsp3) is 0.643. The maximum Gasteiger partial charge on any atom is 0.126 e. The molecule has 3 rings (SSSR count). The van der Waals surface area contributed by atoms with Crippen molar-refractivity contribution >= 4 is 5.57 Å². The van der Waals surface area contributed by atoms with Crippen molar-refractivity contribution in [3.8, 4) is 0 Å². The summed E-state index contributed by atoms with van der Waals surface area (Å²) < 4.78 is 27.0. The van der Waals surface area contributed by atoms with Gasteiger partial charge in [-0.2, -0.15) is 0 Å². The van der Waals surface area contributed by atoms with Crippen LogP contribution >= 0.6 is 0 Å². The second-order valence-corrected chi connectivity index (χ2v) is 9.58. The van der Waals surface area contributed by atoms with Gasteiger partial charge in [0.25, 0.3) is 0 Å². The highest BCUT2D eigenvalue weighted by Gasteiger charge is 2.28. The standard InChI is InChI=1S/C28H40F2/c1-2-3-4-5-6-7-8-9-10-22-11-13-23(14-12-22)24-15-17-25(18-16-24)26-19-27(29)21-28(30)20-26/h9-10,17,19-24H,2-8,11-16,18H2,1H3. The minimum absolute atomic E-state index is 0.476. The normalized spacial score (nSPS) is 24.9. The molecule has 1 fully saturated rings. The van der Waals surface area contributed by atoms with Crippen molar-refractivity contribution in [3.05, 3.63) is 53.6 Å². The molecule has 0 radical (unpaired) electrons. The molecule has 2 aliphatic rings. The molecule has 166 valence electrons. The first kappa shape index (κ1) is 23.2. The molecule has 1 aromatic rings. The van der Waals surface area contributed by atoms with E-state index in [9.17, 15) is 8.78 Å². The number of allylic oxidation sites excluding steroid dienone is 4. The van der Waals surface area contributed by atoms with Crippen molar-refractivity contribution in [1.29, 1.82) is 0 Å². The highest BCUT2D eigenvalue weighted by molar-refractivity contribution is 5.66. The van der Waals surface area contributed by atoms with E-state index in [0.717, 1.165) is 54.2 Å². The van der Waals surface area contributed by atoms with Gasteiger partial charge in [0.2, 0.25) is 0 Å². The molecule has 0 N–H and O–H groups in total. The van der Waals surface area contributed by atoms with Crippen LogP contribution in [-0.4, -0.2) is 0 Å². The van der Waals surface area contributed by atoms with Crippen LogP contribution in [0.5, 0.6) is 0 Å². The average Bonchev–Trinajstić information content (AvgIpc) is 2.75. The lowest BCUT2D eigenvalue weighted by Gasteiger charge is -2.35. The first-order valence-electron chi connectivity index (χ1n) is 12.5. The zero-order valence-corrected chi connectivity index (χ0v) is 18.9. The fourth-order valence-corrected chi connectivity index (χ4v) is 5.42. The number of rotatable bonds is 10. The maximum absolute atomic E-state index is 13.5. The monoisotopic (exact) mass is 414 g/mol. The molecule has 0 nitrogen and oxygen atoms in total. The van der Waals surface area contributed by atoms with E-state index in [1.807, 2.05) is 0 Å². The minimum atomic E-state index is -0.476. The van der Waals surface area contributed by atoms with Crippen molar-refractivity contribution in [1.82, 2.24) is 0 Å². The van der Waals surface area contributed by atoms with Crippen LogP contribution in [-0.2, 0) is 0 Å². The molecule has 0 spiro atoms. The highest BCUT2D eigenvalue weighted by Crippen LogP contribution is 2.41. The second kappa shape index (κ2) is 12.4. The summed E-state index contributed by atoms with van der Waals surface area (Å²) in [6, 6.07) is 3.90. The molecule has 0 amide bonds. The van der Waals surface area contributed by atoms with Gasteiger partial charge in [-0.15, -0.1) is 0 Å². The van der Waals surface area contributed by atoms with Gasteiger partial charge in [-0.3, -0.25) is 0 Å². The Balaban J connectivity index is 1.36. The van der Waals surface area contributed by atoms with Crippen molar-refractivity contribution < 1.29 is 8.78 Å². The minimum Gasteiger partial charge on any atom is -0.207 e. The van der Waals surface area contributed by atoms with Gasteiger partial charge in [-0.1, -0.05) is 57.3 Å². The van der Waals surface area contributed by atoms with Gasteiger partial charge in [-0.25, -0.2) is 8.78 Å². The molecule has 30 heavy (non-hydrogen) atoms. The third-order valence-corrected chi connectivity index (χ3v) is 7.30. The van der Waals surface area contributed by atoms with E-state index in [4.69, 9.17) is 0 Å². The summed E-state index contributed by atoms with van der Waals surface area (Å²) in [5.74, 6) is 1.41. The van der Waals surface area contributed by atoms with Crippen LogP contribution in [0.1, 0.15) is 102 Å². The Morgan fingerprint density at radius 3 is 2.20 bits per heavy atom. The summed E-state index contributed by atoms with van der Waals surface area (Å²) in [6.07, 6.45) is 25.2. The average molecular weight is 415 g/mol. The van der Waals surface area contributed by atoms with Crippen LogP contribution in [0.3, 0.4) is 0 Å². The lowest BCUT2D eigenvalue weighted by Crippen LogP contribution is -2.22. The van der Waals surface area contributed by atoms with E-state index >= 15 is 0 Å². The summed E-state index contributed by atoms with van der Waals surface area (Å²) in [5.41, 5.74) is 1.85. The Bertz CT molecular complexity index is 674. The number of benzene rings is 1. The Kier molecular flexibility index (Phi) is 9.62. The molecule has 1 saturated carbocycles. The molecule has 1 atom stereocenters. The van der Waals surface area contributed by atoms with Crippen LogP contribution in [0.15, 0.2) is 36.4 Å². The van der Waals surface area contributed by atoms with Crippen molar-refractivity contribution in [3.63, 3.8) is 0 Å². The van der Waals surface area contributed by atoms with Gasteiger partial charge in [0.05, 0.1) is 0 Å². The first-order valence-corrected chi connectivity index (χ1v) is 12.5. The number of unbranched alkanes of at least 4 members (excludes halogenated alkanes) is 6. The van der Waals surface area contributed by atoms with E-state index in [1.54, 1.807) is 0 Å². The van der Waals surface area contributed by atoms with Crippen molar-refractivity contribution in [2.75, 3.05) is 0 Å².